The molecule has 2 fully saturated rings. The van der Waals surface area contributed by atoms with Crippen LogP contribution in [-0.4, -0.2) is 77.7 Å². The molecule has 1 aromatic rings. The number of likely N-dealkylation sites (tertiary alicyclic amines) is 1. The van der Waals surface area contributed by atoms with Crippen LogP contribution in [0.3, 0.4) is 0 Å². The summed E-state index contributed by atoms with van der Waals surface area (Å²) in [4.78, 5) is 23.5. The maximum atomic E-state index is 12.6. The van der Waals surface area contributed by atoms with Crippen LogP contribution >= 0.6 is 0 Å². The van der Waals surface area contributed by atoms with Crippen molar-refractivity contribution < 1.29 is 9.90 Å². The molecule has 6 heteroatoms. The number of nitrogens with zero attached hydrogens (tertiary/aromatic N) is 4. The van der Waals surface area contributed by atoms with Crippen molar-refractivity contribution in [2.75, 3.05) is 50.8 Å². The molecule has 2 saturated heterocycles. The van der Waals surface area contributed by atoms with Gasteiger partial charge in [0.2, 0.25) is 5.91 Å². The molecule has 1 N–H and O–H groups in total. The van der Waals surface area contributed by atoms with Gasteiger partial charge in [0.1, 0.15) is 5.82 Å². The average molecular weight is 346 g/mol. The van der Waals surface area contributed by atoms with E-state index in [9.17, 15) is 9.90 Å². The lowest BCUT2D eigenvalue weighted by atomic mass is 9.94. The van der Waals surface area contributed by atoms with Crippen molar-refractivity contribution in [1.82, 2.24) is 14.8 Å². The van der Waals surface area contributed by atoms with Crippen LogP contribution in [0.25, 0.3) is 0 Å². The fourth-order valence-corrected chi connectivity index (χ4v) is 3.85. The van der Waals surface area contributed by atoms with Crippen LogP contribution in [0, 0.1) is 5.92 Å². The van der Waals surface area contributed by atoms with Gasteiger partial charge in [0, 0.05) is 64.5 Å². The summed E-state index contributed by atoms with van der Waals surface area (Å²) < 4.78 is 0. The van der Waals surface area contributed by atoms with E-state index in [1.54, 1.807) is 0 Å². The van der Waals surface area contributed by atoms with Gasteiger partial charge in [-0.3, -0.25) is 9.69 Å². The van der Waals surface area contributed by atoms with Gasteiger partial charge >= 0.3 is 0 Å². The second-order valence-corrected chi connectivity index (χ2v) is 7.28. The van der Waals surface area contributed by atoms with Crippen molar-refractivity contribution in [2.24, 2.45) is 5.92 Å². The van der Waals surface area contributed by atoms with E-state index < -0.39 is 0 Å². The quantitative estimate of drug-likeness (QED) is 0.868. The van der Waals surface area contributed by atoms with E-state index in [1.165, 1.54) is 0 Å². The van der Waals surface area contributed by atoms with Crippen molar-refractivity contribution in [2.45, 2.75) is 32.2 Å². The fraction of sp³-hybridized carbons (Fsp3) is 0.684. The van der Waals surface area contributed by atoms with E-state index in [2.05, 4.69) is 21.7 Å². The number of carbonyl (C=O) groups excluding carboxylic acids is 1. The molecule has 1 aromatic heterocycles. The van der Waals surface area contributed by atoms with Crippen LogP contribution in [-0.2, 0) is 4.79 Å². The standard InChI is InChI=1S/C19H30N4O2/c1-16-5-6-17(15-24)14-23(16)9-7-19(25)22-12-10-21(11-13-22)18-4-2-3-8-20-18/h2-4,8,16-17,24H,5-7,9-15H2,1H3. The SMILES string of the molecule is CC1CCC(CO)CN1CCC(=O)N1CCN(c2ccccn2)CC1. The molecule has 3 rings (SSSR count). The van der Waals surface area contributed by atoms with Crippen LogP contribution in [0.4, 0.5) is 5.82 Å². The van der Waals surface area contributed by atoms with Gasteiger partial charge in [-0.25, -0.2) is 4.98 Å². The largest absolute Gasteiger partial charge is 0.396 e. The summed E-state index contributed by atoms with van der Waals surface area (Å²) in [5.74, 6) is 1.61. The topological polar surface area (TPSA) is 59.9 Å². The molecular formula is C19H30N4O2. The highest BCUT2D eigenvalue weighted by Gasteiger charge is 2.27. The molecular weight excluding hydrogens is 316 g/mol. The second kappa shape index (κ2) is 8.63. The summed E-state index contributed by atoms with van der Waals surface area (Å²) >= 11 is 0. The molecule has 2 aliphatic rings. The maximum absolute atomic E-state index is 12.6. The summed E-state index contributed by atoms with van der Waals surface area (Å²) in [7, 11) is 0. The van der Waals surface area contributed by atoms with Gasteiger partial charge in [-0.2, -0.15) is 0 Å². The summed E-state index contributed by atoms with van der Waals surface area (Å²) in [6.45, 7) is 7.42. The highest BCUT2D eigenvalue weighted by Crippen LogP contribution is 2.22. The van der Waals surface area contributed by atoms with Crippen LogP contribution in [0.15, 0.2) is 24.4 Å². The second-order valence-electron chi connectivity index (χ2n) is 7.28. The molecule has 0 aliphatic carbocycles. The number of piperazine rings is 1. The number of hydrogen-bond donors (Lipinski definition) is 1. The molecule has 2 aliphatic heterocycles. The third-order valence-electron chi connectivity index (χ3n) is 5.59. The highest BCUT2D eigenvalue weighted by molar-refractivity contribution is 5.76. The number of pyridine rings is 1. The van der Waals surface area contributed by atoms with Crippen molar-refractivity contribution in [1.29, 1.82) is 0 Å². The van der Waals surface area contributed by atoms with Gasteiger partial charge in [0.15, 0.2) is 0 Å². The minimum atomic E-state index is 0.249. The first kappa shape index (κ1) is 18.1. The number of piperidine rings is 1. The van der Waals surface area contributed by atoms with E-state index >= 15 is 0 Å². The average Bonchev–Trinajstić information content (AvgIpc) is 2.68. The molecule has 138 valence electrons. The minimum Gasteiger partial charge on any atom is -0.396 e. The predicted octanol–water partition coefficient (Wildman–Crippen LogP) is 1.21. The van der Waals surface area contributed by atoms with Gasteiger partial charge in [-0.05, 0) is 37.8 Å². The summed E-state index contributed by atoms with van der Waals surface area (Å²) in [5, 5.41) is 9.38. The number of aromatic nitrogens is 1. The van der Waals surface area contributed by atoms with Crippen molar-refractivity contribution >= 4 is 11.7 Å². The molecule has 0 spiro atoms. The van der Waals surface area contributed by atoms with E-state index in [-0.39, 0.29) is 12.5 Å². The Morgan fingerprint density at radius 3 is 2.72 bits per heavy atom. The number of aliphatic hydroxyl groups is 1. The molecule has 25 heavy (non-hydrogen) atoms. The number of anilines is 1. The molecule has 1 amide bonds. The van der Waals surface area contributed by atoms with Gasteiger partial charge in [0.25, 0.3) is 0 Å². The first-order valence-corrected chi connectivity index (χ1v) is 9.46. The lowest BCUT2D eigenvalue weighted by Crippen LogP contribution is -2.50. The van der Waals surface area contributed by atoms with Gasteiger partial charge in [-0.1, -0.05) is 6.07 Å². The Bertz CT molecular complexity index is 546. The van der Waals surface area contributed by atoms with Crippen LogP contribution in [0.2, 0.25) is 0 Å². The smallest absolute Gasteiger partial charge is 0.223 e. The van der Waals surface area contributed by atoms with Crippen molar-refractivity contribution in [3.8, 4) is 0 Å². The Hall–Kier alpha value is -1.66. The molecule has 3 heterocycles. The fourth-order valence-electron chi connectivity index (χ4n) is 3.85. The molecule has 0 bridgehead atoms. The van der Waals surface area contributed by atoms with Gasteiger partial charge in [0.05, 0.1) is 0 Å². The number of hydrogen-bond acceptors (Lipinski definition) is 5. The van der Waals surface area contributed by atoms with E-state index in [0.717, 1.165) is 57.9 Å². The maximum Gasteiger partial charge on any atom is 0.223 e. The third-order valence-corrected chi connectivity index (χ3v) is 5.59. The molecule has 6 nitrogen and oxygen atoms in total. The van der Waals surface area contributed by atoms with Gasteiger partial charge < -0.3 is 14.9 Å². The Kier molecular flexibility index (Phi) is 6.26. The Labute approximate surface area is 150 Å². The van der Waals surface area contributed by atoms with Crippen LogP contribution < -0.4 is 4.90 Å². The Morgan fingerprint density at radius 1 is 1.24 bits per heavy atom. The lowest BCUT2D eigenvalue weighted by Gasteiger charge is -2.38. The van der Waals surface area contributed by atoms with E-state index in [0.29, 0.717) is 18.4 Å². The zero-order valence-electron chi connectivity index (χ0n) is 15.2. The molecule has 2 atom stereocenters. The Balaban J connectivity index is 1.43. The normalized spacial score (nSPS) is 25.2. The van der Waals surface area contributed by atoms with Gasteiger partial charge in [-0.15, -0.1) is 0 Å². The summed E-state index contributed by atoms with van der Waals surface area (Å²) in [6, 6.07) is 6.45. The van der Waals surface area contributed by atoms with Crippen LogP contribution in [0.1, 0.15) is 26.2 Å². The number of rotatable bonds is 5. The van der Waals surface area contributed by atoms with Crippen molar-refractivity contribution in [3.05, 3.63) is 24.4 Å². The predicted molar refractivity (Wildman–Crippen MR) is 98.5 cm³/mol. The third kappa shape index (κ3) is 4.70. The first-order chi connectivity index (χ1) is 12.2. The highest BCUT2D eigenvalue weighted by atomic mass is 16.3. The number of carbonyl (C=O) groups is 1. The molecule has 0 aromatic carbocycles. The molecule has 0 radical (unpaired) electrons. The zero-order valence-corrected chi connectivity index (χ0v) is 15.2. The molecule has 2 unspecified atom stereocenters. The van der Waals surface area contributed by atoms with Crippen LogP contribution in [0.5, 0.6) is 0 Å². The Morgan fingerprint density at radius 2 is 2.04 bits per heavy atom. The number of amides is 1. The monoisotopic (exact) mass is 346 g/mol. The number of aliphatic hydroxyl groups excluding tert-OH is 1. The van der Waals surface area contributed by atoms with E-state index in [4.69, 9.17) is 0 Å². The van der Waals surface area contributed by atoms with E-state index in [1.807, 2.05) is 29.3 Å². The molecule has 0 saturated carbocycles. The zero-order chi connectivity index (χ0) is 17.6. The summed E-state index contributed by atoms with van der Waals surface area (Å²) in [5.41, 5.74) is 0. The van der Waals surface area contributed by atoms with Crippen molar-refractivity contribution in [3.63, 3.8) is 0 Å². The minimum absolute atomic E-state index is 0.249. The lowest BCUT2D eigenvalue weighted by molar-refractivity contribution is -0.132. The summed E-state index contributed by atoms with van der Waals surface area (Å²) in [6.07, 6.45) is 4.60. The first-order valence-electron chi connectivity index (χ1n) is 9.46.